The number of aryl methyl sites for hydroxylation is 1. The van der Waals surface area contributed by atoms with E-state index in [4.69, 9.17) is 0 Å². The minimum absolute atomic E-state index is 1.23. The average molecular weight is 244 g/mol. The van der Waals surface area contributed by atoms with E-state index in [-0.39, 0.29) is 0 Å². The minimum Gasteiger partial charge on any atom is -0.0622 e. The largest absolute Gasteiger partial charge is 0.0622 e. The maximum Gasteiger partial charge on any atom is -0.0149 e. The summed E-state index contributed by atoms with van der Waals surface area (Å²) in [7, 11) is 0. The fourth-order valence-electron chi connectivity index (χ4n) is 2.37. The van der Waals surface area contributed by atoms with Crippen molar-refractivity contribution in [2.24, 2.45) is 0 Å². The van der Waals surface area contributed by atoms with Gasteiger partial charge in [0, 0.05) is 0 Å². The van der Waals surface area contributed by atoms with Crippen molar-refractivity contribution in [1.82, 2.24) is 0 Å². The summed E-state index contributed by atoms with van der Waals surface area (Å²) >= 11 is 0. The zero-order valence-electron chi connectivity index (χ0n) is 11.0. The lowest BCUT2D eigenvalue weighted by Gasteiger charge is -2.05. The van der Waals surface area contributed by atoms with Crippen molar-refractivity contribution in [2.75, 3.05) is 0 Å². The standard InChI is InChI=1S/C19H16/c1-15-17(12-11-16-7-3-2-4-8-16)13-14-18-9-5-6-10-19(15)18/h2-14H,1H3. The van der Waals surface area contributed by atoms with Gasteiger partial charge < -0.3 is 0 Å². The van der Waals surface area contributed by atoms with E-state index in [0.717, 1.165) is 0 Å². The number of fused-ring (bicyclic) bond motifs is 1. The van der Waals surface area contributed by atoms with Gasteiger partial charge in [-0.3, -0.25) is 0 Å². The van der Waals surface area contributed by atoms with Gasteiger partial charge in [0.15, 0.2) is 0 Å². The first-order chi connectivity index (χ1) is 9.34. The summed E-state index contributed by atoms with van der Waals surface area (Å²) < 4.78 is 0. The Morgan fingerprint density at radius 1 is 0.684 bits per heavy atom. The summed E-state index contributed by atoms with van der Waals surface area (Å²) in [5.41, 5.74) is 3.85. The maximum atomic E-state index is 2.19. The third kappa shape index (κ3) is 2.43. The summed E-state index contributed by atoms with van der Waals surface area (Å²) in [6, 6.07) is 23.3. The molecule has 0 saturated carbocycles. The molecule has 0 spiro atoms. The van der Waals surface area contributed by atoms with Gasteiger partial charge in [-0.1, -0.05) is 78.9 Å². The molecule has 0 nitrogen and oxygen atoms in total. The van der Waals surface area contributed by atoms with Gasteiger partial charge in [0.25, 0.3) is 0 Å². The molecule has 0 saturated heterocycles. The molecule has 3 rings (SSSR count). The molecular weight excluding hydrogens is 228 g/mol. The first kappa shape index (κ1) is 11.7. The Balaban J connectivity index is 2.02. The second-order valence-corrected chi connectivity index (χ2v) is 4.74. The van der Waals surface area contributed by atoms with Gasteiger partial charge in [0.2, 0.25) is 0 Å². The van der Waals surface area contributed by atoms with Gasteiger partial charge >= 0.3 is 0 Å². The van der Waals surface area contributed by atoms with Gasteiger partial charge in [-0.15, -0.1) is 0 Å². The fourth-order valence-corrected chi connectivity index (χ4v) is 2.37. The smallest absolute Gasteiger partial charge is 0.0149 e. The highest BCUT2D eigenvalue weighted by atomic mass is 14.0. The van der Waals surface area contributed by atoms with Crippen LogP contribution in [0, 0.1) is 6.92 Å². The molecule has 19 heavy (non-hydrogen) atoms. The summed E-state index contributed by atoms with van der Waals surface area (Å²) in [4.78, 5) is 0. The van der Waals surface area contributed by atoms with Crippen molar-refractivity contribution in [3.63, 3.8) is 0 Å². The van der Waals surface area contributed by atoms with Crippen molar-refractivity contribution in [3.05, 3.63) is 83.4 Å². The molecule has 0 atom stereocenters. The predicted molar refractivity (Wildman–Crippen MR) is 84.1 cm³/mol. The molecule has 0 N–H and O–H groups in total. The molecule has 3 aromatic rings. The highest BCUT2D eigenvalue weighted by Gasteiger charge is 2.00. The molecule has 3 aromatic carbocycles. The molecule has 0 amide bonds. The summed E-state index contributed by atoms with van der Waals surface area (Å²) in [5, 5.41) is 2.63. The van der Waals surface area contributed by atoms with E-state index in [2.05, 4.69) is 79.7 Å². The summed E-state index contributed by atoms with van der Waals surface area (Å²) in [6.45, 7) is 2.19. The van der Waals surface area contributed by atoms with Gasteiger partial charge in [-0.05, 0) is 34.4 Å². The van der Waals surface area contributed by atoms with Crippen LogP contribution < -0.4 is 0 Å². The monoisotopic (exact) mass is 244 g/mol. The SMILES string of the molecule is Cc1c(C=Cc2ccccc2)ccc2ccccc12. The van der Waals surface area contributed by atoms with Crippen molar-refractivity contribution in [2.45, 2.75) is 6.92 Å². The van der Waals surface area contributed by atoms with E-state index >= 15 is 0 Å². The molecule has 0 bridgehead atoms. The zero-order chi connectivity index (χ0) is 13.1. The Labute approximate surface area is 114 Å². The molecule has 0 aliphatic heterocycles. The van der Waals surface area contributed by atoms with Crippen LogP contribution in [0.5, 0.6) is 0 Å². The molecule has 0 aliphatic rings. The van der Waals surface area contributed by atoms with E-state index in [9.17, 15) is 0 Å². The Bertz CT molecular complexity index is 721. The van der Waals surface area contributed by atoms with Gasteiger partial charge in [-0.2, -0.15) is 0 Å². The van der Waals surface area contributed by atoms with Crippen LogP contribution in [-0.2, 0) is 0 Å². The van der Waals surface area contributed by atoms with Crippen molar-refractivity contribution >= 4 is 22.9 Å². The van der Waals surface area contributed by atoms with Crippen LogP contribution in [-0.4, -0.2) is 0 Å². The normalized spacial score (nSPS) is 11.2. The summed E-state index contributed by atoms with van der Waals surface area (Å²) in [6.07, 6.45) is 4.36. The van der Waals surface area contributed by atoms with E-state index in [0.29, 0.717) is 0 Å². The number of hydrogen-bond acceptors (Lipinski definition) is 0. The van der Waals surface area contributed by atoms with Gasteiger partial charge in [0.1, 0.15) is 0 Å². The molecule has 92 valence electrons. The Morgan fingerprint density at radius 3 is 2.26 bits per heavy atom. The van der Waals surface area contributed by atoms with Crippen LogP contribution in [0.3, 0.4) is 0 Å². The molecule has 0 aliphatic carbocycles. The van der Waals surface area contributed by atoms with Gasteiger partial charge in [0.05, 0.1) is 0 Å². The lowest BCUT2D eigenvalue weighted by molar-refractivity contribution is 1.50. The minimum atomic E-state index is 1.23. The first-order valence-corrected chi connectivity index (χ1v) is 6.56. The zero-order valence-corrected chi connectivity index (χ0v) is 11.0. The fraction of sp³-hybridized carbons (Fsp3) is 0.0526. The van der Waals surface area contributed by atoms with Crippen LogP contribution in [0.2, 0.25) is 0 Å². The Hall–Kier alpha value is -2.34. The van der Waals surface area contributed by atoms with Gasteiger partial charge in [-0.25, -0.2) is 0 Å². The Kier molecular flexibility index (Phi) is 3.16. The van der Waals surface area contributed by atoms with Crippen molar-refractivity contribution in [1.29, 1.82) is 0 Å². The molecule has 0 fully saturated rings. The lowest BCUT2D eigenvalue weighted by Crippen LogP contribution is -1.83. The van der Waals surface area contributed by atoms with Crippen molar-refractivity contribution < 1.29 is 0 Å². The first-order valence-electron chi connectivity index (χ1n) is 6.56. The maximum absolute atomic E-state index is 2.19. The van der Waals surface area contributed by atoms with Crippen LogP contribution in [0.4, 0.5) is 0 Å². The number of benzene rings is 3. The lowest BCUT2D eigenvalue weighted by atomic mass is 9.99. The predicted octanol–water partition coefficient (Wildman–Crippen LogP) is 5.32. The van der Waals surface area contributed by atoms with E-state index < -0.39 is 0 Å². The quantitative estimate of drug-likeness (QED) is 0.535. The second-order valence-electron chi connectivity index (χ2n) is 4.74. The highest BCUT2D eigenvalue weighted by molar-refractivity contribution is 5.89. The topological polar surface area (TPSA) is 0 Å². The third-order valence-corrected chi connectivity index (χ3v) is 3.50. The van der Waals surface area contributed by atoms with E-state index in [1.807, 2.05) is 6.07 Å². The third-order valence-electron chi connectivity index (χ3n) is 3.50. The summed E-state index contributed by atoms with van der Waals surface area (Å²) in [5.74, 6) is 0. The molecule has 0 heterocycles. The molecular formula is C19H16. The van der Waals surface area contributed by atoms with E-state index in [1.54, 1.807) is 0 Å². The second kappa shape index (κ2) is 5.11. The number of rotatable bonds is 2. The molecule has 0 heteroatoms. The average Bonchev–Trinajstić information content (AvgIpc) is 2.48. The molecule has 0 radical (unpaired) electrons. The van der Waals surface area contributed by atoms with E-state index in [1.165, 1.54) is 27.5 Å². The van der Waals surface area contributed by atoms with Crippen LogP contribution in [0.25, 0.3) is 22.9 Å². The van der Waals surface area contributed by atoms with Crippen LogP contribution in [0.15, 0.2) is 66.7 Å². The molecule has 0 unspecified atom stereocenters. The van der Waals surface area contributed by atoms with Crippen LogP contribution >= 0.6 is 0 Å². The highest BCUT2D eigenvalue weighted by Crippen LogP contribution is 2.23. The van der Waals surface area contributed by atoms with Crippen molar-refractivity contribution in [3.8, 4) is 0 Å². The Morgan fingerprint density at radius 2 is 1.42 bits per heavy atom. The van der Waals surface area contributed by atoms with Crippen LogP contribution in [0.1, 0.15) is 16.7 Å². The number of hydrogen-bond donors (Lipinski definition) is 0. The molecule has 0 aromatic heterocycles.